The molecular formula is C11H23NO. The Labute approximate surface area is 81.8 Å². The average molecular weight is 185 g/mol. The summed E-state index contributed by atoms with van der Waals surface area (Å²) in [5, 5.41) is 0. The van der Waals surface area contributed by atoms with E-state index in [2.05, 4.69) is 20.8 Å². The van der Waals surface area contributed by atoms with Crippen molar-refractivity contribution in [2.45, 2.75) is 46.1 Å². The Kier molecular flexibility index (Phi) is 3.74. The molecular weight excluding hydrogens is 162 g/mol. The first-order valence-electron chi connectivity index (χ1n) is 5.48. The molecule has 1 heterocycles. The molecule has 1 unspecified atom stereocenters. The van der Waals surface area contributed by atoms with Crippen LogP contribution in [0.1, 0.15) is 40.0 Å². The van der Waals surface area contributed by atoms with Gasteiger partial charge in [-0.15, -0.1) is 0 Å². The lowest BCUT2D eigenvalue weighted by Gasteiger charge is -2.32. The third-order valence-electron chi connectivity index (χ3n) is 3.69. The van der Waals surface area contributed by atoms with Crippen molar-refractivity contribution in [3.8, 4) is 0 Å². The number of hydrogen-bond acceptors (Lipinski definition) is 2. The van der Waals surface area contributed by atoms with Gasteiger partial charge in [-0.3, -0.25) is 0 Å². The molecule has 0 spiro atoms. The van der Waals surface area contributed by atoms with Crippen LogP contribution in [-0.4, -0.2) is 19.3 Å². The molecule has 1 rings (SSSR count). The lowest BCUT2D eigenvalue weighted by Crippen LogP contribution is -2.32. The van der Waals surface area contributed by atoms with E-state index in [4.69, 9.17) is 10.5 Å². The molecule has 0 aromatic heterocycles. The minimum absolute atomic E-state index is 0.378. The molecule has 1 fully saturated rings. The van der Waals surface area contributed by atoms with Crippen LogP contribution in [0.5, 0.6) is 0 Å². The molecule has 0 saturated carbocycles. The lowest BCUT2D eigenvalue weighted by molar-refractivity contribution is 0.0990. The molecule has 1 saturated heterocycles. The standard InChI is InChI=1S/C11H23NO/c1-4-5-11(6-7-12)8-13-10(3)9(11)2/h9-10H,4-8,12H2,1-3H3/t9-,10+,11?/m1/s1. The summed E-state index contributed by atoms with van der Waals surface area (Å²) in [6.07, 6.45) is 4.03. The number of hydrogen-bond donors (Lipinski definition) is 1. The van der Waals surface area contributed by atoms with Gasteiger partial charge in [0.25, 0.3) is 0 Å². The zero-order valence-electron chi connectivity index (χ0n) is 9.18. The highest BCUT2D eigenvalue weighted by atomic mass is 16.5. The van der Waals surface area contributed by atoms with Crippen LogP contribution in [0.2, 0.25) is 0 Å². The predicted molar refractivity (Wildman–Crippen MR) is 55.6 cm³/mol. The first-order valence-corrected chi connectivity index (χ1v) is 5.48. The van der Waals surface area contributed by atoms with Crippen LogP contribution in [-0.2, 0) is 4.74 Å². The fourth-order valence-electron chi connectivity index (χ4n) is 2.58. The quantitative estimate of drug-likeness (QED) is 0.728. The second-order valence-corrected chi connectivity index (χ2v) is 4.46. The Morgan fingerprint density at radius 2 is 2.08 bits per heavy atom. The number of nitrogens with two attached hydrogens (primary N) is 1. The maximum atomic E-state index is 5.73. The fraction of sp³-hybridized carbons (Fsp3) is 1.00. The summed E-state index contributed by atoms with van der Waals surface area (Å²) in [6, 6.07) is 0. The SMILES string of the molecule is CCCC1(CCN)CO[C@@H](C)[C@H]1C. The van der Waals surface area contributed by atoms with Gasteiger partial charge in [-0.25, -0.2) is 0 Å². The summed E-state index contributed by atoms with van der Waals surface area (Å²) < 4.78 is 5.73. The van der Waals surface area contributed by atoms with E-state index >= 15 is 0 Å². The van der Waals surface area contributed by atoms with Gasteiger partial charge in [-0.2, -0.15) is 0 Å². The maximum absolute atomic E-state index is 5.73. The Balaban J connectivity index is 2.66. The van der Waals surface area contributed by atoms with E-state index < -0.39 is 0 Å². The monoisotopic (exact) mass is 185 g/mol. The third kappa shape index (κ3) is 2.05. The molecule has 3 atom stereocenters. The molecule has 0 amide bonds. The molecule has 0 bridgehead atoms. The second-order valence-electron chi connectivity index (χ2n) is 4.46. The summed E-state index contributed by atoms with van der Waals surface area (Å²) >= 11 is 0. The first-order chi connectivity index (χ1) is 6.16. The number of ether oxygens (including phenoxy) is 1. The summed E-state index contributed by atoms with van der Waals surface area (Å²) in [7, 11) is 0. The smallest absolute Gasteiger partial charge is 0.0578 e. The van der Waals surface area contributed by atoms with Crippen LogP contribution in [0.3, 0.4) is 0 Å². The van der Waals surface area contributed by atoms with E-state index in [9.17, 15) is 0 Å². The van der Waals surface area contributed by atoms with E-state index in [1.165, 1.54) is 12.8 Å². The zero-order valence-corrected chi connectivity index (χ0v) is 9.18. The summed E-state index contributed by atoms with van der Waals surface area (Å²) in [5.74, 6) is 0.663. The Hall–Kier alpha value is -0.0800. The van der Waals surface area contributed by atoms with Crippen molar-refractivity contribution in [3.05, 3.63) is 0 Å². The third-order valence-corrected chi connectivity index (χ3v) is 3.69. The summed E-state index contributed by atoms with van der Waals surface area (Å²) in [6.45, 7) is 8.44. The largest absolute Gasteiger partial charge is 0.378 e. The van der Waals surface area contributed by atoms with Gasteiger partial charge in [-0.1, -0.05) is 20.3 Å². The van der Waals surface area contributed by atoms with Gasteiger partial charge < -0.3 is 10.5 Å². The van der Waals surface area contributed by atoms with Crippen molar-refractivity contribution >= 4 is 0 Å². The Morgan fingerprint density at radius 3 is 2.46 bits per heavy atom. The molecule has 2 heteroatoms. The van der Waals surface area contributed by atoms with Crippen molar-refractivity contribution in [1.29, 1.82) is 0 Å². The van der Waals surface area contributed by atoms with Gasteiger partial charge in [-0.05, 0) is 37.6 Å². The number of rotatable bonds is 4. The highest BCUT2D eigenvalue weighted by molar-refractivity contribution is 4.92. The summed E-state index contributed by atoms with van der Waals surface area (Å²) in [4.78, 5) is 0. The molecule has 2 N–H and O–H groups in total. The van der Waals surface area contributed by atoms with Crippen LogP contribution in [0.25, 0.3) is 0 Å². The van der Waals surface area contributed by atoms with E-state index in [0.717, 1.165) is 19.6 Å². The Bertz CT molecular complexity index is 147. The summed E-state index contributed by atoms with van der Waals surface area (Å²) in [5.41, 5.74) is 6.05. The van der Waals surface area contributed by atoms with Gasteiger partial charge in [0.1, 0.15) is 0 Å². The molecule has 0 aromatic rings. The molecule has 0 radical (unpaired) electrons. The predicted octanol–water partition coefficient (Wildman–Crippen LogP) is 2.18. The van der Waals surface area contributed by atoms with E-state index in [1.807, 2.05) is 0 Å². The maximum Gasteiger partial charge on any atom is 0.0578 e. The first kappa shape index (κ1) is 11.0. The van der Waals surface area contributed by atoms with Crippen LogP contribution in [0, 0.1) is 11.3 Å². The molecule has 78 valence electrons. The van der Waals surface area contributed by atoms with Gasteiger partial charge >= 0.3 is 0 Å². The van der Waals surface area contributed by atoms with Crippen LogP contribution >= 0.6 is 0 Å². The minimum Gasteiger partial charge on any atom is -0.378 e. The van der Waals surface area contributed by atoms with Gasteiger partial charge in [0.2, 0.25) is 0 Å². The van der Waals surface area contributed by atoms with Crippen molar-refractivity contribution in [3.63, 3.8) is 0 Å². The van der Waals surface area contributed by atoms with Crippen LogP contribution in [0.4, 0.5) is 0 Å². The van der Waals surface area contributed by atoms with Gasteiger partial charge in [0.05, 0.1) is 12.7 Å². The molecule has 0 aromatic carbocycles. The van der Waals surface area contributed by atoms with Gasteiger partial charge in [0, 0.05) is 0 Å². The topological polar surface area (TPSA) is 35.2 Å². The van der Waals surface area contributed by atoms with Crippen LogP contribution < -0.4 is 5.73 Å². The van der Waals surface area contributed by atoms with E-state index in [0.29, 0.717) is 17.4 Å². The minimum atomic E-state index is 0.378. The fourth-order valence-corrected chi connectivity index (χ4v) is 2.58. The molecule has 0 aliphatic carbocycles. The van der Waals surface area contributed by atoms with Crippen molar-refractivity contribution in [2.24, 2.45) is 17.1 Å². The van der Waals surface area contributed by atoms with Gasteiger partial charge in [0.15, 0.2) is 0 Å². The molecule has 2 nitrogen and oxygen atoms in total. The highest BCUT2D eigenvalue weighted by Crippen LogP contribution is 2.44. The highest BCUT2D eigenvalue weighted by Gasteiger charge is 2.43. The molecule has 13 heavy (non-hydrogen) atoms. The molecule has 1 aliphatic heterocycles. The van der Waals surface area contributed by atoms with E-state index in [1.54, 1.807) is 0 Å². The molecule has 1 aliphatic rings. The van der Waals surface area contributed by atoms with Crippen LogP contribution in [0.15, 0.2) is 0 Å². The van der Waals surface area contributed by atoms with Crippen molar-refractivity contribution in [1.82, 2.24) is 0 Å². The Morgan fingerprint density at radius 1 is 1.38 bits per heavy atom. The van der Waals surface area contributed by atoms with Crippen molar-refractivity contribution in [2.75, 3.05) is 13.2 Å². The normalized spacial score (nSPS) is 39.7. The average Bonchev–Trinajstić information content (AvgIpc) is 2.36. The van der Waals surface area contributed by atoms with Crippen molar-refractivity contribution < 1.29 is 4.74 Å². The van der Waals surface area contributed by atoms with E-state index in [-0.39, 0.29) is 0 Å². The zero-order chi connectivity index (χ0) is 9.90. The lowest BCUT2D eigenvalue weighted by atomic mass is 9.71. The second kappa shape index (κ2) is 4.43.